The van der Waals surface area contributed by atoms with Crippen molar-refractivity contribution in [1.29, 1.82) is 0 Å². The van der Waals surface area contributed by atoms with E-state index in [-0.39, 0.29) is 0 Å². The molecule has 0 aliphatic heterocycles. The Balaban J connectivity index is 2.00. The molecule has 0 amide bonds. The van der Waals surface area contributed by atoms with Crippen molar-refractivity contribution in [3.05, 3.63) is 59.7 Å². The van der Waals surface area contributed by atoms with Crippen molar-refractivity contribution >= 4 is 11.0 Å². The van der Waals surface area contributed by atoms with E-state index in [4.69, 9.17) is 4.74 Å². The Hall–Kier alpha value is -2.62. The molecule has 0 saturated carbocycles. The molecule has 0 saturated heterocycles. The Labute approximate surface area is 130 Å². The molecule has 0 aliphatic carbocycles. The highest BCUT2D eigenvalue weighted by molar-refractivity contribution is 5.73. The van der Waals surface area contributed by atoms with Crippen LogP contribution in [0.3, 0.4) is 0 Å². The molecular weight excluding hydrogens is 274 g/mol. The summed E-state index contributed by atoms with van der Waals surface area (Å²) in [6.45, 7) is 6.70. The Morgan fingerprint density at radius 3 is 2.41 bits per heavy atom. The molecule has 3 aromatic rings. The van der Waals surface area contributed by atoms with Gasteiger partial charge in [0.05, 0.1) is 0 Å². The monoisotopic (exact) mass is 293 g/mol. The second-order valence-electron chi connectivity index (χ2n) is 5.54. The lowest BCUT2D eigenvalue weighted by Gasteiger charge is -2.10. The van der Waals surface area contributed by atoms with Crippen LogP contribution in [0.2, 0.25) is 0 Å². The van der Waals surface area contributed by atoms with Gasteiger partial charge in [0.15, 0.2) is 0 Å². The maximum atomic E-state index is 5.88. The number of benzene rings is 2. The SMILES string of the molecule is CC(C)=CCOc1ccc(C)cc1-n1nc2ccccc2n1. The predicted molar refractivity (Wildman–Crippen MR) is 88.5 cm³/mol. The van der Waals surface area contributed by atoms with E-state index >= 15 is 0 Å². The Kier molecular flexibility index (Phi) is 3.92. The van der Waals surface area contributed by atoms with Crippen LogP contribution < -0.4 is 4.74 Å². The first-order valence-corrected chi connectivity index (χ1v) is 7.33. The summed E-state index contributed by atoms with van der Waals surface area (Å²) in [5, 5.41) is 9.08. The highest BCUT2D eigenvalue weighted by atomic mass is 16.5. The Morgan fingerprint density at radius 2 is 1.77 bits per heavy atom. The fourth-order valence-corrected chi connectivity index (χ4v) is 2.17. The van der Waals surface area contributed by atoms with Gasteiger partial charge < -0.3 is 4.74 Å². The smallest absolute Gasteiger partial charge is 0.147 e. The molecule has 0 bridgehead atoms. The van der Waals surface area contributed by atoms with Gasteiger partial charge in [0.2, 0.25) is 0 Å². The van der Waals surface area contributed by atoms with Crippen LogP contribution in [0.15, 0.2) is 54.1 Å². The first kappa shape index (κ1) is 14.3. The number of nitrogens with zero attached hydrogens (tertiary/aromatic N) is 3. The van der Waals surface area contributed by atoms with Crippen molar-refractivity contribution in [2.45, 2.75) is 20.8 Å². The summed E-state index contributed by atoms with van der Waals surface area (Å²) in [7, 11) is 0. The number of fused-ring (bicyclic) bond motifs is 1. The van der Waals surface area contributed by atoms with E-state index in [0.29, 0.717) is 6.61 Å². The second-order valence-corrected chi connectivity index (χ2v) is 5.54. The predicted octanol–water partition coefficient (Wildman–Crippen LogP) is 4.07. The van der Waals surface area contributed by atoms with Gasteiger partial charge >= 0.3 is 0 Å². The van der Waals surface area contributed by atoms with Crippen LogP contribution in [-0.4, -0.2) is 21.6 Å². The quantitative estimate of drug-likeness (QED) is 0.681. The van der Waals surface area contributed by atoms with Crippen LogP contribution in [0.4, 0.5) is 0 Å². The summed E-state index contributed by atoms with van der Waals surface area (Å²) < 4.78 is 5.88. The third kappa shape index (κ3) is 3.01. The van der Waals surface area contributed by atoms with Crippen LogP contribution >= 0.6 is 0 Å². The summed E-state index contributed by atoms with van der Waals surface area (Å²) in [4.78, 5) is 1.65. The van der Waals surface area contributed by atoms with E-state index in [9.17, 15) is 0 Å². The van der Waals surface area contributed by atoms with Crippen LogP contribution in [-0.2, 0) is 0 Å². The van der Waals surface area contributed by atoms with Crippen LogP contribution in [0.5, 0.6) is 5.75 Å². The van der Waals surface area contributed by atoms with Gasteiger partial charge in [-0.2, -0.15) is 0 Å². The van der Waals surface area contributed by atoms with Crippen molar-refractivity contribution in [1.82, 2.24) is 15.0 Å². The summed E-state index contributed by atoms with van der Waals surface area (Å²) >= 11 is 0. The number of hydrogen-bond acceptors (Lipinski definition) is 3. The highest BCUT2D eigenvalue weighted by Crippen LogP contribution is 2.24. The molecule has 0 spiro atoms. The molecule has 0 aliphatic rings. The zero-order valence-electron chi connectivity index (χ0n) is 13.1. The number of hydrogen-bond donors (Lipinski definition) is 0. The van der Waals surface area contributed by atoms with E-state index in [2.05, 4.69) is 30.1 Å². The normalized spacial score (nSPS) is 10.7. The molecule has 2 aromatic carbocycles. The average molecular weight is 293 g/mol. The zero-order valence-corrected chi connectivity index (χ0v) is 13.1. The van der Waals surface area contributed by atoms with Gasteiger partial charge in [-0.15, -0.1) is 15.0 Å². The molecule has 1 aromatic heterocycles. The van der Waals surface area contributed by atoms with E-state index < -0.39 is 0 Å². The molecule has 0 unspecified atom stereocenters. The van der Waals surface area contributed by atoms with Gasteiger partial charge in [0.1, 0.15) is 29.1 Å². The molecule has 0 atom stereocenters. The molecule has 0 fully saturated rings. The first-order valence-electron chi connectivity index (χ1n) is 7.33. The van der Waals surface area contributed by atoms with Crippen molar-refractivity contribution in [2.75, 3.05) is 6.61 Å². The van der Waals surface area contributed by atoms with Crippen LogP contribution in [0.25, 0.3) is 16.7 Å². The molecule has 0 N–H and O–H groups in total. The first-order chi connectivity index (χ1) is 10.6. The van der Waals surface area contributed by atoms with Gasteiger partial charge in [-0.05, 0) is 56.7 Å². The fraction of sp³-hybridized carbons (Fsp3) is 0.222. The van der Waals surface area contributed by atoms with Gasteiger partial charge in [0.25, 0.3) is 0 Å². The number of rotatable bonds is 4. The second kappa shape index (κ2) is 6.02. The standard InChI is InChI=1S/C18H19N3O/c1-13(2)10-11-22-18-9-8-14(3)12-17(18)21-19-15-6-4-5-7-16(15)20-21/h4-10,12H,11H2,1-3H3. The molecule has 0 radical (unpaired) electrons. The average Bonchev–Trinajstić information content (AvgIpc) is 2.92. The minimum absolute atomic E-state index is 0.541. The van der Waals surface area contributed by atoms with Crippen LogP contribution in [0, 0.1) is 6.92 Å². The zero-order chi connectivity index (χ0) is 15.5. The van der Waals surface area contributed by atoms with Crippen LogP contribution in [0.1, 0.15) is 19.4 Å². The number of aromatic nitrogens is 3. The van der Waals surface area contributed by atoms with Crippen molar-refractivity contribution in [3.63, 3.8) is 0 Å². The molecular formula is C18H19N3O. The lowest BCUT2D eigenvalue weighted by atomic mass is 10.2. The maximum Gasteiger partial charge on any atom is 0.147 e. The lowest BCUT2D eigenvalue weighted by molar-refractivity contribution is 0.358. The number of allylic oxidation sites excluding steroid dienone is 1. The number of ether oxygens (including phenoxy) is 1. The minimum Gasteiger partial charge on any atom is -0.487 e. The van der Waals surface area contributed by atoms with E-state index in [1.165, 1.54) is 5.57 Å². The van der Waals surface area contributed by atoms with Gasteiger partial charge in [0, 0.05) is 0 Å². The summed E-state index contributed by atoms with van der Waals surface area (Å²) in [5.41, 5.74) is 4.99. The Bertz CT molecular complexity index is 796. The molecule has 112 valence electrons. The van der Waals surface area contributed by atoms with E-state index in [1.54, 1.807) is 4.80 Å². The maximum absolute atomic E-state index is 5.88. The minimum atomic E-state index is 0.541. The van der Waals surface area contributed by atoms with E-state index in [0.717, 1.165) is 28.0 Å². The summed E-state index contributed by atoms with van der Waals surface area (Å²) in [5.74, 6) is 0.781. The molecule has 4 nitrogen and oxygen atoms in total. The van der Waals surface area contributed by atoms with Gasteiger partial charge in [-0.1, -0.05) is 23.8 Å². The van der Waals surface area contributed by atoms with Gasteiger partial charge in [-0.3, -0.25) is 0 Å². The largest absolute Gasteiger partial charge is 0.487 e. The van der Waals surface area contributed by atoms with Crippen molar-refractivity contribution < 1.29 is 4.74 Å². The topological polar surface area (TPSA) is 39.9 Å². The molecule has 4 heteroatoms. The third-order valence-corrected chi connectivity index (χ3v) is 3.35. The molecule has 22 heavy (non-hydrogen) atoms. The summed E-state index contributed by atoms with van der Waals surface area (Å²) in [6, 6.07) is 13.9. The fourth-order valence-electron chi connectivity index (χ4n) is 2.17. The van der Waals surface area contributed by atoms with E-state index in [1.807, 2.05) is 49.4 Å². The third-order valence-electron chi connectivity index (χ3n) is 3.35. The number of aryl methyl sites for hydroxylation is 1. The highest BCUT2D eigenvalue weighted by Gasteiger charge is 2.10. The molecule has 3 rings (SSSR count). The Morgan fingerprint density at radius 1 is 1.09 bits per heavy atom. The van der Waals surface area contributed by atoms with Crippen molar-refractivity contribution in [3.8, 4) is 11.4 Å². The van der Waals surface area contributed by atoms with Crippen molar-refractivity contribution in [2.24, 2.45) is 0 Å². The van der Waals surface area contributed by atoms with Gasteiger partial charge in [-0.25, -0.2) is 0 Å². The molecule has 1 heterocycles. The summed E-state index contributed by atoms with van der Waals surface area (Å²) in [6.07, 6.45) is 2.05. The lowest BCUT2D eigenvalue weighted by Crippen LogP contribution is -2.04.